The number of nitriles is 1. The first-order chi connectivity index (χ1) is 15.0. The van der Waals surface area contributed by atoms with Crippen molar-refractivity contribution in [2.45, 2.75) is 13.5 Å². The summed E-state index contributed by atoms with van der Waals surface area (Å²) < 4.78 is 0. The lowest BCUT2D eigenvalue weighted by atomic mass is 10.1. The molecule has 7 heteroatoms. The van der Waals surface area contributed by atoms with Crippen LogP contribution in [-0.4, -0.2) is 60.1 Å². The largest absolute Gasteiger partial charge is 0.352 e. The van der Waals surface area contributed by atoms with Gasteiger partial charge in [0.05, 0.1) is 5.56 Å². The first-order valence-electron chi connectivity index (χ1n) is 10.5. The molecule has 0 spiro atoms. The lowest BCUT2D eigenvalue weighted by Crippen LogP contribution is -2.47. The van der Waals surface area contributed by atoms with E-state index in [0.29, 0.717) is 5.56 Å². The maximum Gasteiger partial charge on any atom is 0.225 e. The van der Waals surface area contributed by atoms with Crippen LogP contribution >= 0.6 is 0 Å². The molecule has 0 bridgehead atoms. The van der Waals surface area contributed by atoms with Gasteiger partial charge >= 0.3 is 0 Å². The number of aryl methyl sites for hydroxylation is 1. The number of nitrogens with zero attached hydrogens (tertiary/aromatic N) is 7. The molecule has 7 nitrogen and oxygen atoms in total. The molecule has 0 amide bonds. The van der Waals surface area contributed by atoms with E-state index in [4.69, 9.17) is 0 Å². The van der Waals surface area contributed by atoms with Crippen LogP contribution in [-0.2, 0) is 6.54 Å². The van der Waals surface area contributed by atoms with Crippen molar-refractivity contribution in [3.8, 4) is 17.2 Å². The molecule has 1 aromatic carbocycles. The van der Waals surface area contributed by atoms with Crippen molar-refractivity contribution in [1.29, 1.82) is 5.26 Å². The van der Waals surface area contributed by atoms with Crippen molar-refractivity contribution in [3.63, 3.8) is 0 Å². The van der Waals surface area contributed by atoms with Gasteiger partial charge in [-0.3, -0.25) is 0 Å². The minimum absolute atomic E-state index is 0.621. The van der Waals surface area contributed by atoms with Gasteiger partial charge in [-0.25, -0.2) is 15.0 Å². The summed E-state index contributed by atoms with van der Waals surface area (Å²) in [6.07, 6.45) is 3.80. The Balaban J connectivity index is 1.43. The molecule has 0 N–H and O–H groups in total. The Morgan fingerprint density at radius 1 is 0.968 bits per heavy atom. The van der Waals surface area contributed by atoms with Crippen LogP contribution in [0.4, 0.5) is 11.8 Å². The van der Waals surface area contributed by atoms with E-state index in [1.165, 1.54) is 5.56 Å². The van der Waals surface area contributed by atoms with Gasteiger partial charge in [-0.2, -0.15) is 5.26 Å². The van der Waals surface area contributed by atoms with Gasteiger partial charge in [-0.15, -0.1) is 0 Å². The van der Waals surface area contributed by atoms with Crippen molar-refractivity contribution in [1.82, 2.24) is 19.9 Å². The number of aromatic nitrogens is 3. The number of hydrogen-bond acceptors (Lipinski definition) is 7. The molecule has 0 unspecified atom stereocenters. The zero-order valence-corrected chi connectivity index (χ0v) is 18.3. The highest BCUT2D eigenvalue weighted by Crippen LogP contribution is 2.23. The second-order valence-corrected chi connectivity index (χ2v) is 8.12. The van der Waals surface area contributed by atoms with Gasteiger partial charge in [0.25, 0.3) is 0 Å². The van der Waals surface area contributed by atoms with E-state index >= 15 is 0 Å². The molecular weight excluding hydrogens is 386 g/mol. The highest BCUT2D eigenvalue weighted by atomic mass is 15.3. The predicted molar refractivity (Wildman–Crippen MR) is 123 cm³/mol. The summed E-state index contributed by atoms with van der Waals surface area (Å²) in [5.74, 6) is 1.52. The zero-order valence-electron chi connectivity index (χ0n) is 18.3. The molecule has 1 aliphatic heterocycles. The summed E-state index contributed by atoms with van der Waals surface area (Å²) in [5, 5.41) is 9.40. The number of pyridine rings is 1. The number of rotatable bonds is 5. The quantitative estimate of drug-likeness (QED) is 0.636. The minimum atomic E-state index is 0.621. The molecule has 31 heavy (non-hydrogen) atoms. The van der Waals surface area contributed by atoms with Crippen LogP contribution in [0.3, 0.4) is 0 Å². The molecule has 0 saturated carbocycles. The van der Waals surface area contributed by atoms with E-state index < -0.39 is 0 Å². The molecule has 4 rings (SSSR count). The summed E-state index contributed by atoms with van der Waals surface area (Å²) >= 11 is 0. The molecular formula is C24H27N7. The van der Waals surface area contributed by atoms with Gasteiger partial charge in [-0.05, 0) is 50.3 Å². The number of anilines is 2. The van der Waals surface area contributed by atoms with E-state index in [0.717, 1.165) is 61.3 Å². The number of benzene rings is 1. The summed E-state index contributed by atoms with van der Waals surface area (Å²) in [4.78, 5) is 20.4. The molecule has 3 aromatic rings. The highest BCUT2D eigenvalue weighted by Gasteiger charge is 2.22. The van der Waals surface area contributed by atoms with Crippen molar-refractivity contribution in [3.05, 3.63) is 65.6 Å². The first kappa shape index (κ1) is 20.8. The third kappa shape index (κ3) is 4.81. The van der Waals surface area contributed by atoms with E-state index in [1.807, 2.05) is 31.5 Å². The van der Waals surface area contributed by atoms with Crippen molar-refractivity contribution < 1.29 is 0 Å². The summed E-state index contributed by atoms with van der Waals surface area (Å²) in [7, 11) is 4.14. The van der Waals surface area contributed by atoms with Gasteiger partial charge in [0.15, 0.2) is 0 Å². The fourth-order valence-electron chi connectivity index (χ4n) is 3.84. The zero-order chi connectivity index (χ0) is 21.8. The normalized spacial score (nSPS) is 14.0. The average molecular weight is 414 g/mol. The maximum absolute atomic E-state index is 9.40. The van der Waals surface area contributed by atoms with Crippen molar-refractivity contribution in [2.75, 3.05) is 50.1 Å². The fraction of sp³-hybridized carbons (Fsp3) is 0.333. The average Bonchev–Trinajstić information content (AvgIpc) is 2.79. The lowest BCUT2D eigenvalue weighted by molar-refractivity contribution is 0.402. The Kier molecular flexibility index (Phi) is 6.10. The molecule has 3 heterocycles. The Hall–Kier alpha value is -3.50. The summed E-state index contributed by atoms with van der Waals surface area (Å²) in [5.41, 5.74) is 4.96. The van der Waals surface area contributed by atoms with Crippen molar-refractivity contribution in [2.24, 2.45) is 0 Å². The van der Waals surface area contributed by atoms with Crippen LogP contribution in [0.2, 0.25) is 0 Å². The predicted octanol–water partition coefficient (Wildman–Crippen LogP) is 3.11. The van der Waals surface area contributed by atoms with Crippen LogP contribution in [0.15, 0.2) is 48.8 Å². The smallest absolute Gasteiger partial charge is 0.225 e. The first-order valence-corrected chi connectivity index (χ1v) is 10.5. The Bertz CT molecular complexity index is 1080. The van der Waals surface area contributed by atoms with E-state index in [1.54, 1.807) is 0 Å². The van der Waals surface area contributed by atoms with Gasteiger partial charge < -0.3 is 14.7 Å². The molecule has 0 aliphatic carbocycles. The third-order valence-electron chi connectivity index (χ3n) is 5.39. The maximum atomic E-state index is 9.40. The third-order valence-corrected chi connectivity index (χ3v) is 5.39. The van der Waals surface area contributed by atoms with Crippen LogP contribution in [0.1, 0.15) is 16.8 Å². The van der Waals surface area contributed by atoms with Gasteiger partial charge in [-0.1, -0.05) is 18.2 Å². The molecule has 1 fully saturated rings. The van der Waals surface area contributed by atoms with Crippen LogP contribution in [0, 0.1) is 18.3 Å². The Morgan fingerprint density at radius 2 is 1.68 bits per heavy atom. The topological polar surface area (TPSA) is 72.2 Å². The van der Waals surface area contributed by atoms with Gasteiger partial charge in [0.2, 0.25) is 5.95 Å². The standard InChI is InChI=1S/C24H27N7/c1-18-7-8-21(14-25)23(28-18)30-9-11-31(12-10-30)24-26-15-22(16-27-24)20-6-4-5-19(13-20)17-29(2)3/h4-8,13,15-16H,9-12,17H2,1-3H3. The second kappa shape index (κ2) is 9.11. The van der Waals surface area contributed by atoms with E-state index in [9.17, 15) is 5.26 Å². The van der Waals surface area contributed by atoms with Gasteiger partial charge in [0, 0.05) is 56.4 Å². The SMILES string of the molecule is Cc1ccc(C#N)c(N2CCN(c3ncc(-c4cccc(CN(C)C)c4)cn3)CC2)n1. The Labute approximate surface area is 183 Å². The van der Waals surface area contributed by atoms with E-state index in [2.05, 4.69) is 74.1 Å². The van der Waals surface area contributed by atoms with E-state index in [-0.39, 0.29) is 0 Å². The summed E-state index contributed by atoms with van der Waals surface area (Å²) in [6.45, 7) is 5.99. The minimum Gasteiger partial charge on any atom is -0.352 e. The van der Waals surface area contributed by atoms with Crippen LogP contribution < -0.4 is 9.80 Å². The van der Waals surface area contributed by atoms with Gasteiger partial charge in [0.1, 0.15) is 11.9 Å². The number of piperazine rings is 1. The molecule has 2 aromatic heterocycles. The molecule has 1 aliphatic rings. The van der Waals surface area contributed by atoms with Crippen LogP contribution in [0.25, 0.3) is 11.1 Å². The highest BCUT2D eigenvalue weighted by molar-refractivity contribution is 5.63. The van der Waals surface area contributed by atoms with Crippen LogP contribution in [0.5, 0.6) is 0 Å². The molecule has 1 saturated heterocycles. The second-order valence-electron chi connectivity index (χ2n) is 8.12. The Morgan fingerprint density at radius 3 is 2.35 bits per heavy atom. The number of hydrogen-bond donors (Lipinski definition) is 0. The van der Waals surface area contributed by atoms with Crippen molar-refractivity contribution >= 4 is 11.8 Å². The molecule has 0 atom stereocenters. The lowest BCUT2D eigenvalue weighted by Gasteiger charge is -2.35. The monoisotopic (exact) mass is 413 g/mol. The molecule has 158 valence electrons. The summed E-state index contributed by atoms with van der Waals surface area (Å²) in [6, 6.07) is 14.5. The fourth-order valence-corrected chi connectivity index (χ4v) is 3.84. The molecule has 0 radical (unpaired) electrons.